The second-order valence-electron chi connectivity index (χ2n) is 4.15. The fraction of sp³-hybridized carbons (Fsp3) is 0. The van der Waals surface area contributed by atoms with E-state index in [1.807, 2.05) is 0 Å². The third-order valence-electron chi connectivity index (χ3n) is 2.93. The van der Waals surface area contributed by atoms with Gasteiger partial charge in [-0.15, -0.1) is 0 Å². The molecule has 0 saturated heterocycles. The second kappa shape index (κ2) is 5.33. The van der Waals surface area contributed by atoms with Crippen LogP contribution in [0.5, 0.6) is 0 Å². The molecule has 0 heterocycles. The first-order valence-electron chi connectivity index (χ1n) is 6.07. The minimum atomic E-state index is -1.34. The standard InChI is InChI=1S/C17H14As/c1-3-9-15(10-4-1)18(17-13-7-8-14-17)16-11-5-2-6-12-16/h1-14H/q-1. The van der Waals surface area contributed by atoms with E-state index in [9.17, 15) is 0 Å². The Balaban J connectivity index is 2.11. The van der Waals surface area contributed by atoms with Gasteiger partial charge in [-0.25, -0.2) is 0 Å². The van der Waals surface area contributed by atoms with Crippen LogP contribution >= 0.6 is 0 Å². The quantitative estimate of drug-likeness (QED) is 0.511. The van der Waals surface area contributed by atoms with E-state index in [4.69, 9.17) is 0 Å². The number of benzene rings is 2. The van der Waals surface area contributed by atoms with Gasteiger partial charge in [0.15, 0.2) is 0 Å². The Morgan fingerprint density at radius 3 is 1.61 bits per heavy atom. The first-order valence-corrected chi connectivity index (χ1v) is 8.88. The molecule has 0 nitrogen and oxygen atoms in total. The minimum absolute atomic E-state index is 1.34. The van der Waals surface area contributed by atoms with Gasteiger partial charge in [0.05, 0.1) is 0 Å². The van der Waals surface area contributed by atoms with E-state index >= 15 is 0 Å². The SMILES string of the molecule is c1ccc([As](c2ccccc2)c2cc[cH-]c2)cc1. The molecular formula is C17H14As-. The van der Waals surface area contributed by atoms with Crippen LogP contribution in [-0.2, 0) is 0 Å². The molecule has 0 aliphatic carbocycles. The molecule has 0 amide bonds. The number of rotatable bonds is 3. The zero-order chi connectivity index (χ0) is 12.2. The van der Waals surface area contributed by atoms with E-state index in [0.717, 1.165) is 0 Å². The summed E-state index contributed by atoms with van der Waals surface area (Å²) in [5.41, 5.74) is 0. The summed E-state index contributed by atoms with van der Waals surface area (Å²) >= 11 is -1.34. The van der Waals surface area contributed by atoms with Gasteiger partial charge >= 0.3 is 113 Å². The molecule has 0 atom stereocenters. The normalized spacial score (nSPS) is 10.7. The summed E-state index contributed by atoms with van der Waals surface area (Å²) in [5, 5.41) is 0. The van der Waals surface area contributed by atoms with E-state index in [1.165, 1.54) is 13.1 Å². The predicted octanol–water partition coefficient (Wildman–Crippen LogP) is 1.92. The molecule has 0 N–H and O–H groups in total. The van der Waals surface area contributed by atoms with Gasteiger partial charge < -0.3 is 0 Å². The fourth-order valence-corrected chi connectivity index (χ4v) is 6.95. The van der Waals surface area contributed by atoms with Crippen LogP contribution in [0.1, 0.15) is 0 Å². The predicted molar refractivity (Wildman–Crippen MR) is 79.6 cm³/mol. The first-order chi connectivity index (χ1) is 8.95. The molecule has 0 saturated carbocycles. The van der Waals surface area contributed by atoms with Gasteiger partial charge in [0.2, 0.25) is 0 Å². The summed E-state index contributed by atoms with van der Waals surface area (Å²) < 4.78 is 4.48. The summed E-state index contributed by atoms with van der Waals surface area (Å²) in [6.45, 7) is 0. The molecule has 0 aliphatic heterocycles. The van der Waals surface area contributed by atoms with Gasteiger partial charge in [0.25, 0.3) is 0 Å². The number of hydrogen-bond acceptors (Lipinski definition) is 0. The summed E-state index contributed by atoms with van der Waals surface area (Å²) in [7, 11) is 0. The van der Waals surface area contributed by atoms with Crippen LogP contribution in [0.25, 0.3) is 0 Å². The Morgan fingerprint density at radius 1 is 0.611 bits per heavy atom. The molecule has 0 unspecified atom stereocenters. The fourth-order valence-electron chi connectivity index (χ4n) is 2.11. The Morgan fingerprint density at radius 2 is 1.17 bits per heavy atom. The topological polar surface area (TPSA) is 0 Å². The van der Waals surface area contributed by atoms with Gasteiger partial charge in [-0.2, -0.15) is 0 Å². The van der Waals surface area contributed by atoms with Crippen molar-refractivity contribution in [1.29, 1.82) is 0 Å². The second-order valence-corrected chi connectivity index (χ2v) is 8.81. The van der Waals surface area contributed by atoms with Crippen LogP contribution in [0.15, 0.2) is 84.9 Å². The van der Waals surface area contributed by atoms with Crippen molar-refractivity contribution in [2.24, 2.45) is 0 Å². The van der Waals surface area contributed by atoms with E-state index < -0.39 is 14.7 Å². The number of hydrogen-bond donors (Lipinski definition) is 0. The van der Waals surface area contributed by atoms with E-state index in [-0.39, 0.29) is 0 Å². The Labute approximate surface area is 113 Å². The molecule has 3 aromatic rings. The molecular weight excluding hydrogens is 279 g/mol. The average Bonchev–Trinajstić information content (AvgIpc) is 2.95. The van der Waals surface area contributed by atoms with Crippen molar-refractivity contribution in [3.63, 3.8) is 0 Å². The van der Waals surface area contributed by atoms with Crippen molar-refractivity contribution < 1.29 is 0 Å². The molecule has 0 fully saturated rings. The van der Waals surface area contributed by atoms with Crippen molar-refractivity contribution in [3.8, 4) is 0 Å². The Bertz CT molecular complexity index is 543. The zero-order valence-corrected chi connectivity index (χ0v) is 11.9. The summed E-state index contributed by atoms with van der Waals surface area (Å²) in [5.74, 6) is 0. The average molecular weight is 293 g/mol. The zero-order valence-electron chi connectivity index (χ0n) is 10.0. The van der Waals surface area contributed by atoms with Gasteiger partial charge in [0.1, 0.15) is 0 Å². The molecule has 3 rings (SSSR count). The van der Waals surface area contributed by atoms with Crippen molar-refractivity contribution >= 4 is 27.7 Å². The summed E-state index contributed by atoms with van der Waals surface area (Å²) in [6, 6.07) is 30.6. The van der Waals surface area contributed by atoms with Gasteiger partial charge in [-0.05, 0) is 0 Å². The van der Waals surface area contributed by atoms with Crippen LogP contribution < -0.4 is 13.1 Å². The summed E-state index contributed by atoms with van der Waals surface area (Å²) in [4.78, 5) is 0. The van der Waals surface area contributed by atoms with Crippen molar-refractivity contribution in [2.45, 2.75) is 0 Å². The van der Waals surface area contributed by atoms with Crippen molar-refractivity contribution in [2.75, 3.05) is 0 Å². The van der Waals surface area contributed by atoms with E-state index in [1.54, 1.807) is 0 Å². The Hall–Kier alpha value is -1.65. The van der Waals surface area contributed by atoms with Gasteiger partial charge in [-0.3, -0.25) is 0 Å². The molecule has 0 radical (unpaired) electrons. The van der Waals surface area contributed by atoms with Crippen LogP contribution in [0, 0.1) is 0 Å². The molecule has 0 bridgehead atoms. The van der Waals surface area contributed by atoms with Crippen LogP contribution in [0.3, 0.4) is 0 Å². The maximum absolute atomic E-state index is 2.26. The monoisotopic (exact) mass is 293 g/mol. The van der Waals surface area contributed by atoms with E-state index in [2.05, 4.69) is 84.9 Å². The molecule has 0 aromatic heterocycles. The summed E-state index contributed by atoms with van der Waals surface area (Å²) in [6.07, 6.45) is 0. The van der Waals surface area contributed by atoms with Crippen molar-refractivity contribution in [3.05, 3.63) is 84.9 Å². The first kappa shape index (κ1) is 11.4. The molecule has 88 valence electrons. The van der Waals surface area contributed by atoms with E-state index in [0.29, 0.717) is 0 Å². The van der Waals surface area contributed by atoms with Gasteiger partial charge in [-0.1, -0.05) is 0 Å². The third kappa shape index (κ3) is 2.30. The van der Waals surface area contributed by atoms with Crippen LogP contribution in [-0.4, -0.2) is 14.7 Å². The molecule has 0 aliphatic rings. The van der Waals surface area contributed by atoms with Crippen LogP contribution in [0.4, 0.5) is 0 Å². The van der Waals surface area contributed by atoms with Crippen molar-refractivity contribution in [1.82, 2.24) is 0 Å². The third-order valence-corrected chi connectivity index (χ3v) is 8.06. The Kier molecular flexibility index (Phi) is 3.39. The molecule has 18 heavy (non-hydrogen) atoms. The van der Waals surface area contributed by atoms with Crippen LogP contribution in [0.2, 0.25) is 0 Å². The molecule has 1 heteroatoms. The maximum atomic E-state index is 2.26. The molecule has 3 aromatic carbocycles. The van der Waals surface area contributed by atoms with Gasteiger partial charge in [0, 0.05) is 0 Å². The molecule has 0 spiro atoms.